The van der Waals surface area contributed by atoms with E-state index >= 15 is 0 Å². The van der Waals surface area contributed by atoms with Gasteiger partial charge in [-0.25, -0.2) is 0 Å². The van der Waals surface area contributed by atoms with E-state index < -0.39 is 0 Å². The molecule has 1 aromatic rings. The second kappa shape index (κ2) is 5.52. The fraction of sp³-hybridized carbons (Fsp3) is 0.583. The molecule has 1 fully saturated rings. The molecule has 15 heavy (non-hydrogen) atoms. The number of aromatic nitrogens is 1. The van der Waals surface area contributed by atoms with Crippen molar-refractivity contribution in [2.75, 3.05) is 5.75 Å². The molecule has 0 aliphatic carbocycles. The molecule has 2 nitrogen and oxygen atoms in total. The highest BCUT2D eigenvalue weighted by molar-refractivity contribution is 7.99. The van der Waals surface area contributed by atoms with E-state index in [9.17, 15) is 0 Å². The van der Waals surface area contributed by atoms with E-state index in [4.69, 9.17) is 0 Å². The Bertz CT molecular complexity index is 289. The molecule has 0 saturated carbocycles. The molecule has 1 aliphatic rings. The molecule has 1 aromatic heterocycles. The number of pyridine rings is 1. The number of hydrogen-bond donors (Lipinski definition) is 1. The van der Waals surface area contributed by atoms with E-state index in [-0.39, 0.29) is 0 Å². The summed E-state index contributed by atoms with van der Waals surface area (Å²) < 4.78 is 0. The van der Waals surface area contributed by atoms with E-state index in [0.717, 1.165) is 11.8 Å². The van der Waals surface area contributed by atoms with Crippen molar-refractivity contribution in [1.29, 1.82) is 0 Å². The first-order chi connectivity index (χ1) is 7.36. The molecule has 0 bridgehead atoms. The third-order valence-electron chi connectivity index (χ3n) is 2.90. The van der Waals surface area contributed by atoms with Gasteiger partial charge in [0.15, 0.2) is 0 Å². The van der Waals surface area contributed by atoms with E-state index in [0.29, 0.717) is 6.04 Å². The van der Waals surface area contributed by atoms with Crippen molar-refractivity contribution >= 4 is 11.8 Å². The lowest BCUT2D eigenvalue weighted by Gasteiger charge is -2.29. The molecule has 2 rings (SSSR count). The van der Waals surface area contributed by atoms with E-state index in [1.807, 2.05) is 18.5 Å². The normalized spacial score (nSPS) is 26.5. The summed E-state index contributed by atoms with van der Waals surface area (Å²) in [6, 6.07) is 4.79. The monoisotopic (exact) mass is 222 g/mol. The number of hydrogen-bond acceptors (Lipinski definition) is 3. The highest BCUT2D eigenvalue weighted by Gasteiger charge is 2.20. The van der Waals surface area contributed by atoms with Gasteiger partial charge >= 0.3 is 0 Å². The number of rotatable bonds is 3. The van der Waals surface area contributed by atoms with Gasteiger partial charge in [-0.3, -0.25) is 4.98 Å². The number of thioether (sulfide) groups is 1. The molecule has 0 radical (unpaired) electrons. The predicted molar refractivity (Wildman–Crippen MR) is 66.0 cm³/mol. The van der Waals surface area contributed by atoms with Crippen LogP contribution in [-0.2, 0) is 6.54 Å². The lowest BCUT2D eigenvalue weighted by molar-refractivity contribution is 0.462. The van der Waals surface area contributed by atoms with Crippen LogP contribution in [0.3, 0.4) is 0 Å². The van der Waals surface area contributed by atoms with Gasteiger partial charge in [0.25, 0.3) is 0 Å². The molecule has 2 heterocycles. The fourth-order valence-electron chi connectivity index (χ4n) is 1.94. The number of nitrogens with one attached hydrogen (secondary N) is 1. The molecule has 1 aliphatic heterocycles. The van der Waals surface area contributed by atoms with Crippen LogP contribution in [0.1, 0.15) is 25.3 Å². The first kappa shape index (κ1) is 11.0. The molecule has 1 saturated heterocycles. The van der Waals surface area contributed by atoms with Crippen LogP contribution in [0.15, 0.2) is 24.5 Å². The van der Waals surface area contributed by atoms with Gasteiger partial charge in [0, 0.05) is 30.2 Å². The fourth-order valence-corrected chi connectivity index (χ4v) is 3.11. The average molecular weight is 222 g/mol. The van der Waals surface area contributed by atoms with Gasteiger partial charge in [-0.05, 0) is 30.2 Å². The Morgan fingerprint density at radius 1 is 1.60 bits per heavy atom. The maximum absolute atomic E-state index is 4.12. The maximum atomic E-state index is 4.12. The first-order valence-corrected chi connectivity index (χ1v) is 6.65. The lowest BCUT2D eigenvalue weighted by atomic mass is 10.1. The van der Waals surface area contributed by atoms with Crippen LogP contribution >= 0.6 is 11.8 Å². The highest BCUT2D eigenvalue weighted by atomic mass is 32.2. The second-order valence-electron chi connectivity index (χ2n) is 4.07. The van der Waals surface area contributed by atoms with Crippen molar-refractivity contribution < 1.29 is 0 Å². The van der Waals surface area contributed by atoms with Crippen molar-refractivity contribution in [2.24, 2.45) is 0 Å². The summed E-state index contributed by atoms with van der Waals surface area (Å²) in [5.41, 5.74) is 1.28. The maximum Gasteiger partial charge on any atom is 0.0312 e. The molecule has 82 valence electrons. The number of nitrogens with zero attached hydrogens (tertiary/aromatic N) is 1. The third-order valence-corrected chi connectivity index (χ3v) is 4.28. The van der Waals surface area contributed by atoms with Crippen LogP contribution in [0, 0.1) is 0 Å². The van der Waals surface area contributed by atoms with E-state index in [2.05, 4.69) is 35.1 Å². The van der Waals surface area contributed by atoms with Gasteiger partial charge in [-0.2, -0.15) is 11.8 Å². The first-order valence-electron chi connectivity index (χ1n) is 5.60. The van der Waals surface area contributed by atoms with Crippen LogP contribution in [0.4, 0.5) is 0 Å². The summed E-state index contributed by atoms with van der Waals surface area (Å²) in [4.78, 5) is 4.12. The summed E-state index contributed by atoms with van der Waals surface area (Å²) in [5.74, 6) is 1.33. The van der Waals surface area contributed by atoms with Gasteiger partial charge in [-0.1, -0.05) is 13.0 Å². The Hall–Kier alpha value is -0.540. The largest absolute Gasteiger partial charge is 0.309 e. The van der Waals surface area contributed by atoms with Crippen LogP contribution in [-0.4, -0.2) is 22.0 Å². The van der Waals surface area contributed by atoms with E-state index in [1.54, 1.807) is 0 Å². The zero-order valence-electron chi connectivity index (χ0n) is 9.15. The molecule has 2 atom stereocenters. The smallest absolute Gasteiger partial charge is 0.0312 e. The predicted octanol–water partition coefficient (Wildman–Crippen LogP) is 2.46. The summed E-state index contributed by atoms with van der Waals surface area (Å²) in [5, 5.41) is 4.37. The minimum Gasteiger partial charge on any atom is -0.309 e. The molecular weight excluding hydrogens is 204 g/mol. The summed E-state index contributed by atoms with van der Waals surface area (Å²) in [6.45, 7) is 3.27. The van der Waals surface area contributed by atoms with Crippen molar-refractivity contribution in [1.82, 2.24) is 10.3 Å². The van der Waals surface area contributed by atoms with Crippen LogP contribution < -0.4 is 5.32 Å². The van der Waals surface area contributed by atoms with Crippen LogP contribution in [0.25, 0.3) is 0 Å². The average Bonchev–Trinajstić information content (AvgIpc) is 2.29. The summed E-state index contributed by atoms with van der Waals surface area (Å²) in [6.07, 6.45) is 6.42. The van der Waals surface area contributed by atoms with Gasteiger partial charge in [0.2, 0.25) is 0 Å². The SMILES string of the molecule is CC1SCCCC1NCc1cccnc1. The standard InChI is InChI=1S/C12H18N2S/c1-10-12(5-3-7-15-10)14-9-11-4-2-6-13-8-11/h2,4,6,8,10,12,14H,3,5,7,9H2,1H3. The highest BCUT2D eigenvalue weighted by Crippen LogP contribution is 2.25. The Labute approximate surface area is 95.9 Å². The van der Waals surface area contributed by atoms with Crippen molar-refractivity contribution in [3.8, 4) is 0 Å². The van der Waals surface area contributed by atoms with Gasteiger partial charge in [0.05, 0.1) is 0 Å². The van der Waals surface area contributed by atoms with E-state index in [1.165, 1.54) is 24.2 Å². The minimum absolute atomic E-state index is 0.670. The van der Waals surface area contributed by atoms with Crippen molar-refractivity contribution in [2.45, 2.75) is 37.6 Å². The Balaban J connectivity index is 1.82. The van der Waals surface area contributed by atoms with Gasteiger partial charge < -0.3 is 5.32 Å². The lowest BCUT2D eigenvalue weighted by Crippen LogP contribution is -2.38. The quantitative estimate of drug-likeness (QED) is 0.850. The minimum atomic E-state index is 0.670. The molecule has 0 amide bonds. The van der Waals surface area contributed by atoms with Crippen LogP contribution in [0.2, 0.25) is 0 Å². The summed E-state index contributed by atoms with van der Waals surface area (Å²) >= 11 is 2.08. The topological polar surface area (TPSA) is 24.9 Å². The van der Waals surface area contributed by atoms with Crippen molar-refractivity contribution in [3.05, 3.63) is 30.1 Å². The molecule has 2 unspecified atom stereocenters. The molecular formula is C12H18N2S. The van der Waals surface area contributed by atoms with Gasteiger partial charge in [-0.15, -0.1) is 0 Å². The van der Waals surface area contributed by atoms with Crippen LogP contribution in [0.5, 0.6) is 0 Å². The zero-order chi connectivity index (χ0) is 10.5. The molecule has 0 aromatic carbocycles. The molecule has 3 heteroatoms. The summed E-state index contributed by atoms with van der Waals surface area (Å²) in [7, 11) is 0. The molecule has 1 N–H and O–H groups in total. The molecule has 0 spiro atoms. The second-order valence-corrected chi connectivity index (χ2v) is 5.55. The Morgan fingerprint density at radius 3 is 3.27 bits per heavy atom. The Morgan fingerprint density at radius 2 is 2.53 bits per heavy atom. The third kappa shape index (κ3) is 3.21. The zero-order valence-corrected chi connectivity index (χ0v) is 9.96. The Kier molecular flexibility index (Phi) is 4.03. The van der Waals surface area contributed by atoms with Gasteiger partial charge in [0.1, 0.15) is 0 Å². The van der Waals surface area contributed by atoms with Crippen molar-refractivity contribution in [3.63, 3.8) is 0 Å².